The second-order valence-corrected chi connectivity index (χ2v) is 5.71. The van der Waals surface area contributed by atoms with Gasteiger partial charge in [0.1, 0.15) is 6.44 Å². The molecule has 2 aromatic carbocycles. The van der Waals surface area contributed by atoms with Gasteiger partial charge in [-0.3, -0.25) is 4.79 Å². The van der Waals surface area contributed by atoms with Crippen LogP contribution in [0.1, 0.15) is 17.3 Å². The zero-order valence-electron chi connectivity index (χ0n) is 13.2. The van der Waals surface area contributed by atoms with E-state index in [9.17, 15) is 4.79 Å². The summed E-state index contributed by atoms with van der Waals surface area (Å²) >= 11 is 0. The van der Waals surface area contributed by atoms with Gasteiger partial charge in [-0.25, -0.2) is 4.57 Å². The molecule has 2 nitrogen and oxygen atoms in total. The van der Waals surface area contributed by atoms with Gasteiger partial charge in [-0.1, -0.05) is 71.6 Å². The lowest BCUT2D eigenvalue weighted by Gasteiger charge is -2.11. The fourth-order valence-corrected chi connectivity index (χ4v) is 2.80. The molecule has 1 heterocycles. The highest BCUT2D eigenvalue weighted by atomic mass is 16.1. The largest absolute Gasteiger partial charge is 0.295 e. The first-order valence-corrected chi connectivity index (χ1v) is 7.84. The molecule has 0 bridgehead atoms. The molecular formula is C20H19BNO+. The van der Waals surface area contributed by atoms with E-state index in [-0.39, 0.29) is 12.5 Å². The first-order valence-electron chi connectivity index (χ1n) is 7.84. The molecule has 3 aromatic rings. The molecule has 0 saturated carbocycles. The second-order valence-electron chi connectivity index (χ2n) is 5.71. The summed E-state index contributed by atoms with van der Waals surface area (Å²) in [6, 6.07) is 24.8. The maximum absolute atomic E-state index is 11.4. The van der Waals surface area contributed by atoms with Crippen molar-refractivity contribution in [2.75, 3.05) is 0 Å². The van der Waals surface area contributed by atoms with Crippen molar-refractivity contribution in [3.8, 4) is 0 Å². The van der Waals surface area contributed by atoms with Crippen molar-refractivity contribution in [2.45, 2.75) is 13.4 Å². The quantitative estimate of drug-likeness (QED) is 0.401. The molecule has 0 spiro atoms. The van der Waals surface area contributed by atoms with Crippen LogP contribution in [0.15, 0.2) is 85.2 Å². The first-order chi connectivity index (χ1) is 11.2. The van der Waals surface area contributed by atoms with Gasteiger partial charge in [0.25, 0.3) is 6.71 Å². The molecule has 3 heteroatoms. The van der Waals surface area contributed by atoms with Crippen LogP contribution in [0.2, 0.25) is 0 Å². The predicted molar refractivity (Wildman–Crippen MR) is 94.5 cm³/mol. The van der Waals surface area contributed by atoms with E-state index in [4.69, 9.17) is 0 Å². The maximum Gasteiger partial charge on any atom is 0.288 e. The van der Waals surface area contributed by atoms with Crippen molar-refractivity contribution in [1.29, 1.82) is 0 Å². The minimum Gasteiger partial charge on any atom is -0.295 e. The van der Waals surface area contributed by atoms with Crippen LogP contribution in [0.3, 0.4) is 0 Å². The van der Waals surface area contributed by atoms with Crippen LogP contribution in [0.5, 0.6) is 0 Å². The zero-order valence-corrected chi connectivity index (χ0v) is 13.2. The summed E-state index contributed by atoms with van der Waals surface area (Å²) in [7, 11) is 0. The molecule has 1 aromatic heterocycles. The molecule has 0 radical (unpaired) electrons. The molecule has 0 saturated heterocycles. The number of rotatable bonds is 5. The number of ketones is 1. The SMILES string of the molecule is CC(=O)c1cc[n+](CB(c2ccccc2)c2ccccc2)cc1. The lowest BCUT2D eigenvalue weighted by molar-refractivity contribution is -0.679. The molecule has 3 rings (SSSR count). The third kappa shape index (κ3) is 3.75. The van der Waals surface area contributed by atoms with E-state index in [1.807, 2.05) is 36.7 Å². The molecule has 0 aliphatic carbocycles. The van der Waals surface area contributed by atoms with Crippen LogP contribution in [0, 0.1) is 0 Å². The topological polar surface area (TPSA) is 20.9 Å². The number of aromatic nitrogens is 1. The Morgan fingerprint density at radius 2 is 1.30 bits per heavy atom. The Morgan fingerprint density at radius 1 is 0.826 bits per heavy atom. The summed E-state index contributed by atoms with van der Waals surface area (Å²) < 4.78 is 2.14. The average Bonchev–Trinajstić information content (AvgIpc) is 2.61. The number of carbonyl (C=O) groups excluding carboxylic acids is 1. The summed E-state index contributed by atoms with van der Waals surface area (Å²) in [6.45, 7) is 1.88. The van der Waals surface area contributed by atoms with Gasteiger partial charge in [0.05, 0.1) is 0 Å². The van der Waals surface area contributed by atoms with E-state index in [1.165, 1.54) is 10.9 Å². The molecule has 0 fully saturated rings. The molecule has 112 valence electrons. The lowest BCUT2D eigenvalue weighted by atomic mass is 9.40. The Morgan fingerprint density at radius 3 is 1.74 bits per heavy atom. The molecule has 23 heavy (non-hydrogen) atoms. The van der Waals surface area contributed by atoms with E-state index < -0.39 is 0 Å². The van der Waals surface area contributed by atoms with Gasteiger partial charge in [-0.2, -0.15) is 0 Å². The Bertz CT molecular complexity index is 730. The lowest BCUT2D eigenvalue weighted by Crippen LogP contribution is -2.53. The van der Waals surface area contributed by atoms with E-state index in [0.29, 0.717) is 0 Å². The molecule has 0 aliphatic heterocycles. The fraction of sp³-hybridized carbons (Fsp3) is 0.100. The minimum absolute atomic E-state index is 0.0971. The van der Waals surface area contributed by atoms with Crippen molar-refractivity contribution in [3.05, 3.63) is 90.8 Å². The van der Waals surface area contributed by atoms with Gasteiger partial charge in [-0.15, -0.1) is 0 Å². The van der Waals surface area contributed by atoms with Crippen LogP contribution in [0.4, 0.5) is 0 Å². The first kappa shape index (κ1) is 15.2. The summed E-state index contributed by atoms with van der Waals surface area (Å²) in [5.74, 6) is 0.0971. The Kier molecular flexibility index (Phi) is 4.67. The zero-order chi connectivity index (χ0) is 16.1. The molecule has 0 N–H and O–H groups in total. The monoisotopic (exact) mass is 300 g/mol. The molecule has 0 amide bonds. The van der Waals surface area contributed by atoms with Gasteiger partial charge in [0.15, 0.2) is 18.2 Å². The molecule has 0 aliphatic rings. The summed E-state index contributed by atoms with van der Waals surface area (Å²) in [5, 5.41) is 0. The summed E-state index contributed by atoms with van der Waals surface area (Å²) in [4.78, 5) is 11.4. The molecule has 0 atom stereocenters. The van der Waals surface area contributed by atoms with E-state index in [1.54, 1.807) is 6.92 Å². The normalized spacial score (nSPS) is 10.3. The Hall–Kier alpha value is -2.68. The van der Waals surface area contributed by atoms with Gasteiger partial charge < -0.3 is 0 Å². The van der Waals surface area contributed by atoms with Crippen LogP contribution < -0.4 is 15.5 Å². The van der Waals surface area contributed by atoms with Crippen LogP contribution in [-0.2, 0) is 6.44 Å². The summed E-state index contributed by atoms with van der Waals surface area (Å²) in [6.07, 6.45) is 4.80. The van der Waals surface area contributed by atoms with Crippen LogP contribution in [0.25, 0.3) is 0 Å². The molecular weight excluding hydrogens is 281 g/mol. The molecule has 0 unspecified atom stereocenters. The van der Waals surface area contributed by atoms with Crippen LogP contribution >= 0.6 is 0 Å². The summed E-state index contributed by atoms with van der Waals surface area (Å²) in [5.41, 5.74) is 3.33. The van der Waals surface area contributed by atoms with Gasteiger partial charge in [0, 0.05) is 17.7 Å². The Balaban J connectivity index is 1.92. The van der Waals surface area contributed by atoms with Crippen LogP contribution in [-0.4, -0.2) is 12.5 Å². The van der Waals surface area contributed by atoms with Crippen molar-refractivity contribution in [3.63, 3.8) is 0 Å². The Labute approximate surface area is 137 Å². The maximum atomic E-state index is 11.4. The third-order valence-electron chi connectivity index (χ3n) is 4.09. The predicted octanol–water partition coefficient (Wildman–Crippen LogP) is 2.03. The highest BCUT2D eigenvalue weighted by Gasteiger charge is 2.24. The minimum atomic E-state index is 0.0971. The average molecular weight is 300 g/mol. The third-order valence-corrected chi connectivity index (χ3v) is 4.09. The van der Waals surface area contributed by atoms with E-state index in [2.05, 4.69) is 53.1 Å². The van der Waals surface area contributed by atoms with E-state index >= 15 is 0 Å². The number of carbonyl (C=O) groups is 1. The number of Topliss-reactive ketones (excluding diaryl/α,β-unsaturated/α-hetero) is 1. The fourth-order valence-electron chi connectivity index (χ4n) is 2.80. The van der Waals surface area contributed by atoms with Crippen molar-refractivity contribution in [2.24, 2.45) is 0 Å². The van der Waals surface area contributed by atoms with Gasteiger partial charge >= 0.3 is 0 Å². The number of nitrogens with zero attached hydrogens (tertiary/aromatic N) is 1. The van der Waals surface area contributed by atoms with Crippen molar-refractivity contribution in [1.82, 2.24) is 0 Å². The number of hydrogen-bond donors (Lipinski definition) is 0. The highest BCUT2D eigenvalue weighted by molar-refractivity contribution is 6.83. The van der Waals surface area contributed by atoms with E-state index in [0.717, 1.165) is 12.0 Å². The number of hydrogen-bond acceptors (Lipinski definition) is 1. The smallest absolute Gasteiger partial charge is 0.288 e. The highest BCUT2D eigenvalue weighted by Crippen LogP contribution is 1.97. The van der Waals surface area contributed by atoms with Crippen molar-refractivity contribution < 1.29 is 9.36 Å². The number of pyridine rings is 1. The second kappa shape index (κ2) is 7.06. The van der Waals surface area contributed by atoms with Gasteiger partial charge in [0.2, 0.25) is 0 Å². The van der Waals surface area contributed by atoms with Crippen molar-refractivity contribution >= 4 is 23.4 Å². The van der Waals surface area contributed by atoms with Gasteiger partial charge in [-0.05, 0) is 6.92 Å². The standard InChI is InChI=1S/C20H19BNO/c1-17(23)18-12-14-22(15-13-18)16-21(19-8-4-2-5-9-19)20-10-6-3-7-11-20/h2-15H,16H2,1H3/q+1. The number of benzene rings is 2.